The second-order valence-electron chi connectivity index (χ2n) is 3.59. The minimum atomic E-state index is 0.175. The van der Waals surface area contributed by atoms with E-state index in [2.05, 4.69) is 12.0 Å². The Labute approximate surface area is 97.3 Å². The summed E-state index contributed by atoms with van der Waals surface area (Å²) in [5, 5.41) is 0. The molecule has 3 N–H and O–H groups in total. The van der Waals surface area contributed by atoms with Crippen molar-refractivity contribution in [2.24, 2.45) is 5.84 Å². The summed E-state index contributed by atoms with van der Waals surface area (Å²) in [6.07, 6.45) is 3.80. The SMILES string of the molecule is C=CCCC(NN)c1ccc(OCC)cc1. The Morgan fingerprint density at radius 1 is 1.44 bits per heavy atom. The summed E-state index contributed by atoms with van der Waals surface area (Å²) < 4.78 is 5.39. The van der Waals surface area contributed by atoms with E-state index in [1.807, 2.05) is 37.3 Å². The number of nitrogens with two attached hydrogens (primary N) is 1. The smallest absolute Gasteiger partial charge is 0.119 e. The number of nitrogens with one attached hydrogen (secondary N) is 1. The minimum absolute atomic E-state index is 0.175. The van der Waals surface area contributed by atoms with Crippen LogP contribution in [0.5, 0.6) is 5.75 Å². The van der Waals surface area contributed by atoms with Crippen molar-refractivity contribution in [2.75, 3.05) is 6.61 Å². The van der Waals surface area contributed by atoms with Gasteiger partial charge in [-0.1, -0.05) is 18.2 Å². The molecule has 1 rings (SSSR count). The van der Waals surface area contributed by atoms with Gasteiger partial charge in [-0.15, -0.1) is 6.58 Å². The number of ether oxygens (including phenoxy) is 1. The van der Waals surface area contributed by atoms with E-state index in [-0.39, 0.29) is 6.04 Å². The second-order valence-corrected chi connectivity index (χ2v) is 3.59. The van der Waals surface area contributed by atoms with Gasteiger partial charge >= 0.3 is 0 Å². The summed E-state index contributed by atoms with van der Waals surface area (Å²) in [7, 11) is 0. The fourth-order valence-electron chi connectivity index (χ4n) is 1.59. The molecule has 88 valence electrons. The fraction of sp³-hybridized carbons (Fsp3) is 0.385. The van der Waals surface area contributed by atoms with Gasteiger partial charge in [0.1, 0.15) is 5.75 Å². The number of hydrogen-bond acceptors (Lipinski definition) is 3. The molecular formula is C13H20N2O. The first-order valence-corrected chi connectivity index (χ1v) is 5.61. The number of allylic oxidation sites excluding steroid dienone is 1. The Kier molecular flexibility index (Phi) is 5.61. The van der Waals surface area contributed by atoms with E-state index < -0.39 is 0 Å². The molecule has 0 saturated carbocycles. The van der Waals surface area contributed by atoms with Gasteiger partial charge in [-0.05, 0) is 37.5 Å². The normalized spacial score (nSPS) is 12.1. The number of rotatable bonds is 7. The van der Waals surface area contributed by atoms with Gasteiger partial charge in [-0.3, -0.25) is 11.3 Å². The maximum absolute atomic E-state index is 5.53. The van der Waals surface area contributed by atoms with Crippen molar-refractivity contribution in [3.8, 4) is 5.75 Å². The summed E-state index contributed by atoms with van der Waals surface area (Å²) in [5.41, 5.74) is 3.99. The van der Waals surface area contributed by atoms with E-state index in [9.17, 15) is 0 Å². The van der Waals surface area contributed by atoms with Gasteiger partial charge < -0.3 is 4.74 Å². The number of hydrazine groups is 1. The van der Waals surface area contributed by atoms with Crippen molar-refractivity contribution in [3.05, 3.63) is 42.5 Å². The first kappa shape index (κ1) is 12.7. The van der Waals surface area contributed by atoms with Crippen LogP contribution in [0.1, 0.15) is 31.4 Å². The van der Waals surface area contributed by atoms with Crippen LogP contribution in [0, 0.1) is 0 Å². The Bertz CT molecular complexity index is 308. The highest BCUT2D eigenvalue weighted by molar-refractivity contribution is 5.29. The van der Waals surface area contributed by atoms with E-state index in [4.69, 9.17) is 10.6 Å². The standard InChI is InChI=1S/C13H20N2O/c1-3-5-6-13(15-14)11-7-9-12(10-8-11)16-4-2/h3,7-10,13,15H,1,4-6,14H2,2H3. The molecule has 0 aromatic heterocycles. The largest absolute Gasteiger partial charge is 0.494 e. The average molecular weight is 220 g/mol. The van der Waals surface area contributed by atoms with Crippen molar-refractivity contribution in [2.45, 2.75) is 25.8 Å². The molecule has 0 saturated heterocycles. The monoisotopic (exact) mass is 220 g/mol. The Morgan fingerprint density at radius 3 is 2.62 bits per heavy atom. The molecule has 1 atom stereocenters. The third-order valence-corrected chi connectivity index (χ3v) is 2.45. The van der Waals surface area contributed by atoms with Crippen LogP contribution in [0.25, 0.3) is 0 Å². The molecular weight excluding hydrogens is 200 g/mol. The van der Waals surface area contributed by atoms with Crippen LogP contribution in [-0.4, -0.2) is 6.61 Å². The summed E-state index contributed by atoms with van der Waals surface area (Å²) >= 11 is 0. The molecule has 0 heterocycles. The van der Waals surface area contributed by atoms with Gasteiger partial charge in [0, 0.05) is 6.04 Å². The van der Waals surface area contributed by atoms with E-state index in [0.29, 0.717) is 6.61 Å². The van der Waals surface area contributed by atoms with Crippen molar-refractivity contribution in [3.63, 3.8) is 0 Å². The van der Waals surface area contributed by atoms with Crippen molar-refractivity contribution in [1.82, 2.24) is 5.43 Å². The molecule has 0 fully saturated rings. The molecule has 0 radical (unpaired) electrons. The molecule has 0 amide bonds. The van der Waals surface area contributed by atoms with Crippen LogP contribution in [0.4, 0.5) is 0 Å². The highest BCUT2D eigenvalue weighted by Gasteiger charge is 2.08. The zero-order chi connectivity index (χ0) is 11.8. The van der Waals surface area contributed by atoms with E-state index in [0.717, 1.165) is 18.6 Å². The van der Waals surface area contributed by atoms with Crippen LogP contribution in [0.15, 0.2) is 36.9 Å². The predicted octanol–water partition coefficient (Wildman–Crippen LogP) is 2.56. The molecule has 0 spiro atoms. The van der Waals surface area contributed by atoms with Crippen LogP contribution in [0.2, 0.25) is 0 Å². The Hall–Kier alpha value is -1.32. The third-order valence-electron chi connectivity index (χ3n) is 2.45. The van der Waals surface area contributed by atoms with Crippen LogP contribution >= 0.6 is 0 Å². The maximum atomic E-state index is 5.53. The molecule has 0 bridgehead atoms. The molecule has 1 unspecified atom stereocenters. The molecule has 1 aromatic rings. The van der Waals surface area contributed by atoms with E-state index in [1.165, 1.54) is 5.56 Å². The first-order valence-electron chi connectivity index (χ1n) is 5.61. The molecule has 0 aliphatic rings. The summed E-state index contributed by atoms with van der Waals surface area (Å²) in [4.78, 5) is 0. The van der Waals surface area contributed by atoms with Gasteiger partial charge in [-0.25, -0.2) is 0 Å². The highest BCUT2D eigenvalue weighted by atomic mass is 16.5. The van der Waals surface area contributed by atoms with Gasteiger partial charge in [0.2, 0.25) is 0 Å². The lowest BCUT2D eigenvalue weighted by molar-refractivity contribution is 0.340. The third kappa shape index (κ3) is 3.68. The quantitative estimate of drug-likeness (QED) is 0.422. The van der Waals surface area contributed by atoms with Crippen molar-refractivity contribution in [1.29, 1.82) is 0 Å². The van der Waals surface area contributed by atoms with Gasteiger partial charge in [-0.2, -0.15) is 0 Å². The summed E-state index contributed by atoms with van der Waals surface area (Å²) in [6, 6.07) is 8.19. The van der Waals surface area contributed by atoms with Crippen molar-refractivity contribution >= 4 is 0 Å². The summed E-state index contributed by atoms with van der Waals surface area (Å²) in [5.74, 6) is 6.42. The molecule has 3 nitrogen and oxygen atoms in total. The predicted molar refractivity (Wildman–Crippen MR) is 67.1 cm³/mol. The fourth-order valence-corrected chi connectivity index (χ4v) is 1.59. The van der Waals surface area contributed by atoms with E-state index in [1.54, 1.807) is 0 Å². The lowest BCUT2D eigenvalue weighted by Gasteiger charge is -2.15. The highest BCUT2D eigenvalue weighted by Crippen LogP contribution is 2.20. The lowest BCUT2D eigenvalue weighted by Crippen LogP contribution is -2.27. The average Bonchev–Trinajstić information content (AvgIpc) is 2.32. The topological polar surface area (TPSA) is 47.3 Å². The minimum Gasteiger partial charge on any atom is -0.494 e. The lowest BCUT2D eigenvalue weighted by atomic mass is 10.0. The zero-order valence-corrected chi connectivity index (χ0v) is 9.78. The molecule has 3 heteroatoms. The van der Waals surface area contributed by atoms with Gasteiger partial charge in [0.15, 0.2) is 0 Å². The zero-order valence-electron chi connectivity index (χ0n) is 9.78. The second kappa shape index (κ2) is 7.04. The number of benzene rings is 1. The van der Waals surface area contributed by atoms with Gasteiger partial charge in [0.25, 0.3) is 0 Å². The maximum Gasteiger partial charge on any atom is 0.119 e. The van der Waals surface area contributed by atoms with Crippen LogP contribution in [-0.2, 0) is 0 Å². The van der Waals surface area contributed by atoms with E-state index >= 15 is 0 Å². The molecule has 0 aliphatic heterocycles. The van der Waals surface area contributed by atoms with Crippen molar-refractivity contribution < 1.29 is 4.74 Å². The van der Waals surface area contributed by atoms with Crippen LogP contribution < -0.4 is 16.0 Å². The Morgan fingerprint density at radius 2 is 2.12 bits per heavy atom. The van der Waals surface area contributed by atoms with Crippen LogP contribution in [0.3, 0.4) is 0 Å². The molecule has 0 aliphatic carbocycles. The molecule has 16 heavy (non-hydrogen) atoms. The summed E-state index contributed by atoms with van der Waals surface area (Å²) in [6.45, 7) is 6.37. The Balaban J connectivity index is 2.66. The first-order chi connectivity index (χ1) is 7.81. The molecule has 1 aromatic carbocycles. The van der Waals surface area contributed by atoms with Gasteiger partial charge in [0.05, 0.1) is 6.61 Å². The number of hydrogen-bond donors (Lipinski definition) is 2.